The van der Waals surface area contributed by atoms with Crippen molar-refractivity contribution in [2.75, 3.05) is 43.4 Å². The normalized spacial score (nSPS) is 27.8. The number of hydrogen-bond acceptors (Lipinski definition) is 4. The summed E-state index contributed by atoms with van der Waals surface area (Å²) < 4.78 is 23.1. The summed E-state index contributed by atoms with van der Waals surface area (Å²) in [5.74, 6) is 3.58. The molecule has 23 heavy (non-hydrogen) atoms. The van der Waals surface area contributed by atoms with E-state index in [0.29, 0.717) is 29.2 Å². The zero-order chi connectivity index (χ0) is 16.2. The smallest absolute Gasteiger partial charge is 0.193 e. The van der Waals surface area contributed by atoms with Gasteiger partial charge in [-0.15, -0.1) is 24.0 Å². The predicted octanol–water partition coefficient (Wildman–Crippen LogP) is 2.08. The van der Waals surface area contributed by atoms with Crippen LogP contribution in [0.5, 0.6) is 0 Å². The van der Waals surface area contributed by atoms with Gasteiger partial charge in [0.25, 0.3) is 0 Å². The van der Waals surface area contributed by atoms with Crippen molar-refractivity contribution in [2.45, 2.75) is 32.4 Å². The highest BCUT2D eigenvalue weighted by molar-refractivity contribution is 14.0. The molecule has 0 amide bonds. The first kappa shape index (κ1) is 21.3. The Balaban J connectivity index is 0.00000264. The lowest BCUT2D eigenvalue weighted by Gasteiger charge is -2.36. The van der Waals surface area contributed by atoms with Crippen LogP contribution in [0.3, 0.4) is 0 Å². The minimum atomic E-state index is -2.81. The van der Waals surface area contributed by atoms with Crippen molar-refractivity contribution in [3.63, 3.8) is 0 Å². The van der Waals surface area contributed by atoms with E-state index in [2.05, 4.69) is 31.0 Å². The molecule has 2 atom stereocenters. The van der Waals surface area contributed by atoms with Crippen LogP contribution in [-0.2, 0) is 9.84 Å². The summed E-state index contributed by atoms with van der Waals surface area (Å²) in [4.78, 5) is 7.08. The first-order valence-electron chi connectivity index (χ1n) is 8.26. The molecule has 0 aromatic heterocycles. The molecule has 0 aromatic carbocycles. The van der Waals surface area contributed by atoms with Crippen LogP contribution in [0.4, 0.5) is 0 Å². The molecule has 2 heterocycles. The molecule has 2 rings (SSSR count). The number of rotatable bonds is 4. The van der Waals surface area contributed by atoms with Gasteiger partial charge in [0.2, 0.25) is 0 Å². The van der Waals surface area contributed by atoms with Crippen molar-refractivity contribution in [2.24, 2.45) is 16.8 Å². The molecule has 0 radical (unpaired) electrons. The van der Waals surface area contributed by atoms with E-state index >= 15 is 0 Å². The van der Waals surface area contributed by atoms with E-state index in [1.165, 1.54) is 0 Å². The SMILES string of the molecule is CCNC(=NCC1CCS(=O)(=O)C1)N1CCSC(C(C)C)C1.I. The van der Waals surface area contributed by atoms with Crippen LogP contribution in [0.2, 0.25) is 0 Å². The minimum Gasteiger partial charge on any atom is -0.357 e. The third-order valence-electron chi connectivity index (χ3n) is 4.30. The fourth-order valence-corrected chi connectivity index (χ4v) is 6.08. The van der Waals surface area contributed by atoms with E-state index in [4.69, 9.17) is 4.99 Å². The summed E-state index contributed by atoms with van der Waals surface area (Å²) in [5, 5.41) is 4.02. The van der Waals surface area contributed by atoms with Crippen LogP contribution >= 0.6 is 35.7 Å². The first-order chi connectivity index (χ1) is 10.4. The Kier molecular flexibility index (Phi) is 9.00. The average Bonchev–Trinajstić information content (AvgIpc) is 2.83. The molecule has 0 aromatic rings. The van der Waals surface area contributed by atoms with Gasteiger partial charge in [-0.25, -0.2) is 8.42 Å². The highest BCUT2D eigenvalue weighted by atomic mass is 127. The summed E-state index contributed by atoms with van der Waals surface area (Å²) in [7, 11) is -2.81. The monoisotopic (exact) mass is 475 g/mol. The number of sulfone groups is 1. The van der Waals surface area contributed by atoms with Gasteiger partial charge in [-0.05, 0) is 25.2 Å². The highest BCUT2D eigenvalue weighted by Crippen LogP contribution is 2.25. The Morgan fingerprint density at radius 2 is 2.17 bits per heavy atom. The molecule has 2 unspecified atom stereocenters. The van der Waals surface area contributed by atoms with Gasteiger partial charge in [-0.2, -0.15) is 11.8 Å². The predicted molar refractivity (Wildman–Crippen MR) is 111 cm³/mol. The Morgan fingerprint density at radius 3 is 2.74 bits per heavy atom. The van der Waals surface area contributed by atoms with Gasteiger partial charge in [-0.1, -0.05) is 13.8 Å². The van der Waals surface area contributed by atoms with E-state index in [0.717, 1.165) is 37.8 Å². The Hall–Kier alpha value is 0.300. The number of hydrogen-bond donors (Lipinski definition) is 1. The maximum absolute atomic E-state index is 11.6. The number of nitrogens with zero attached hydrogens (tertiary/aromatic N) is 2. The van der Waals surface area contributed by atoms with E-state index < -0.39 is 9.84 Å². The fourth-order valence-electron chi connectivity index (χ4n) is 2.93. The second-order valence-electron chi connectivity index (χ2n) is 6.56. The second kappa shape index (κ2) is 9.70. The van der Waals surface area contributed by atoms with Gasteiger partial charge >= 0.3 is 0 Å². The van der Waals surface area contributed by atoms with Gasteiger partial charge in [0, 0.05) is 37.2 Å². The van der Waals surface area contributed by atoms with Crippen LogP contribution in [0.25, 0.3) is 0 Å². The summed E-state index contributed by atoms with van der Waals surface area (Å²) >= 11 is 2.05. The number of halogens is 1. The lowest BCUT2D eigenvalue weighted by molar-refractivity contribution is 0.379. The number of thioether (sulfide) groups is 1. The molecular weight excluding hydrogens is 445 g/mol. The highest BCUT2D eigenvalue weighted by Gasteiger charge is 2.28. The summed E-state index contributed by atoms with van der Waals surface area (Å²) in [5.41, 5.74) is 0. The molecule has 2 aliphatic rings. The Bertz CT molecular complexity index is 497. The van der Waals surface area contributed by atoms with Gasteiger partial charge in [0.1, 0.15) is 0 Å². The van der Waals surface area contributed by atoms with Crippen LogP contribution < -0.4 is 5.32 Å². The van der Waals surface area contributed by atoms with E-state index in [1.807, 2.05) is 11.8 Å². The van der Waals surface area contributed by atoms with Crippen molar-refractivity contribution in [3.05, 3.63) is 0 Å². The van der Waals surface area contributed by atoms with Crippen LogP contribution in [-0.4, -0.2) is 68.0 Å². The molecule has 5 nitrogen and oxygen atoms in total. The lowest BCUT2D eigenvalue weighted by Crippen LogP contribution is -2.49. The first-order valence-corrected chi connectivity index (χ1v) is 11.1. The Morgan fingerprint density at radius 1 is 1.43 bits per heavy atom. The zero-order valence-electron chi connectivity index (χ0n) is 14.3. The number of aliphatic imine (C=N–C) groups is 1. The van der Waals surface area contributed by atoms with Crippen LogP contribution in [0.1, 0.15) is 27.2 Å². The molecule has 0 bridgehead atoms. The molecule has 0 aliphatic carbocycles. The van der Waals surface area contributed by atoms with E-state index in [-0.39, 0.29) is 29.9 Å². The van der Waals surface area contributed by atoms with Crippen molar-refractivity contribution < 1.29 is 8.42 Å². The zero-order valence-corrected chi connectivity index (χ0v) is 18.3. The standard InChI is InChI=1S/C15H29N3O2S2.HI/c1-4-16-15(17-9-13-5-8-22(19,20)11-13)18-6-7-21-14(10-18)12(2)3;/h12-14H,4-11H2,1-3H3,(H,16,17);1H. The fraction of sp³-hybridized carbons (Fsp3) is 0.933. The third kappa shape index (κ3) is 6.61. The summed E-state index contributed by atoms with van der Waals surface area (Å²) in [6, 6.07) is 0. The van der Waals surface area contributed by atoms with Gasteiger partial charge in [0.15, 0.2) is 15.8 Å². The molecule has 0 saturated carbocycles. The molecule has 136 valence electrons. The maximum Gasteiger partial charge on any atom is 0.193 e. The van der Waals surface area contributed by atoms with E-state index in [1.54, 1.807) is 0 Å². The van der Waals surface area contributed by atoms with Gasteiger partial charge < -0.3 is 10.2 Å². The second-order valence-corrected chi connectivity index (χ2v) is 10.1. The largest absolute Gasteiger partial charge is 0.357 e. The summed E-state index contributed by atoms with van der Waals surface area (Å²) in [6.07, 6.45) is 0.760. The van der Waals surface area contributed by atoms with Crippen LogP contribution in [0.15, 0.2) is 4.99 Å². The summed E-state index contributed by atoms with van der Waals surface area (Å²) in [6.45, 7) is 10.1. The van der Waals surface area contributed by atoms with Crippen molar-refractivity contribution in [1.29, 1.82) is 0 Å². The number of nitrogens with one attached hydrogen (secondary N) is 1. The average molecular weight is 475 g/mol. The number of guanidine groups is 1. The molecule has 2 aliphatic heterocycles. The van der Waals surface area contributed by atoms with Gasteiger partial charge in [-0.3, -0.25) is 4.99 Å². The third-order valence-corrected chi connectivity index (χ3v) is 7.67. The molecule has 2 fully saturated rings. The lowest BCUT2D eigenvalue weighted by atomic mass is 10.1. The minimum absolute atomic E-state index is 0. The van der Waals surface area contributed by atoms with Crippen molar-refractivity contribution in [3.8, 4) is 0 Å². The topological polar surface area (TPSA) is 61.8 Å². The van der Waals surface area contributed by atoms with Crippen LogP contribution in [0, 0.1) is 11.8 Å². The molecule has 8 heteroatoms. The Labute approximate surface area is 162 Å². The molecular formula is C15H30IN3O2S2. The molecule has 0 spiro atoms. The molecule has 2 saturated heterocycles. The maximum atomic E-state index is 11.6. The van der Waals surface area contributed by atoms with Crippen molar-refractivity contribution in [1.82, 2.24) is 10.2 Å². The van der Waals surface area contributed by atoms with Crippen molar-refractivity contribution >= 4 is 51.5 Å². The van der Waals surface area contributed by atoms with Gasteiger partial charge in [0.05, 0.1) is 11.5 Å². The van der Waals surface area contributed by atoms with E-state index in [9.17, 15) is 8.42 Å². The quantitative estimate of drug-likeness (QED) is 0.383. The molecule has 1 N–H and O–H groups in total.